The van der Waals surface area contributed by atoms with E-state index in [0.717, 1.165) is 38.2 Å². The van der Waals surface area contributed by atoms with Crippen LogP contribution in [0.3, 0.4) is 0 Å². The van der Waals surface area contributed by atoms with Gasteiger partial charge in [0.05, 0.1) is 17.7 Å². The van der Waals surface area contributed by atoms with Crippen molar-refractivity contribution in [3.8, 4) is 11.5 Å². The molecule has 2 rings (SSSR count). The predicted molar refractivity (Wildman–Crippen MR) is 81.7 cm³/mol. The Kier molecular flexibility index (Phi) is 5.29. The van der Waals surface area contributed by atoms with E-state index in [1.807, 2.05) is 6.08 Å². The van der Waals surface area contributed by atoms with Gasteiger partial charge in [-0.15, -0.1) is 6.58 Å². The zero-order chi connectivity index (χ0) is 14.5. The van der Waals surface area contributed by atoms with Crippen LogP contribution in [-0.4, -0.2) is 43.3 Å². The minimum atomic E-state index is 0.0308. The number of nitrogens with zero attached hydrogens (tertiary/aromatic N) is 1. The van der Waals surface area contributed by atoms with Crippen LogP contribution in [0.15, 0.2) is 24.8 Å². The van der Waals surface area contributed by atoms with Gasteiger partial charge in [0, 0.05) is 32.2 Å². The minimum absolute atomic E-state index is 0.0308. The summed E-state index contributed by atoms with van der Waals surface area (Å²) in [6.07, 6.45) is 2.61. The van der Waals surface area contributed by atoms with Gasteiger partial charge in [-0.1, -0.05) is 17.7 Å². The summed E-state index contributed by atoms with van der Waals surface area (Å²) in [7, 11) is 1.61. The number of hydrogen-bond acceptors (Lipinski definition) is 4. The highest BCUT2D eigenvalue weighted by Crippen LogP contribution is 2.42. The van der Waals surface area contributed by atoms with Gasteiger partial charge in [0.25, 0.3) is 0 Å². The summed E-state index contributed by atoms with van der Waals surface area (Å²) >= 11 is 6.06. The summed E-state index contributed by atoms with van der Waals surface area (Å²) in [6.45, 7) is 7.56. The van der Waals surface area contributed by atoms with Gasteiger partial charge in [0.15, 0.2) is 0 Å². The molecule has 1 aliphatic heterocycles. The summed E-state index contributed by atoms with van der Waals surface area (Å²) < 4.78 is 5.40. The van der Waals surface area contributed by atoms with Gasteiger partial charge in [0.1, 0.15) is 11.5 Å². The SMILES string of the molecule is C=CC[C@@H](c1c(OC)ccc(Cl)c1O)N1CCNCC1. The molecule has 1 aromatic rings. The number of phenols is 1. The first kappa shape index (κ1) is 15.2. The second kappa shape index (κ2) is 6.97. The Morgan fingerprint density at radius 3 is 2.80 bits per heavy atom. The molecule has 0 bridgehead atoms. The third-order valence-corrected chi connectivity index (χ3v) is 3.97. The molecule has 0 amide bonds. The van der Waals surface area contributed by atoms with Gasteiger partial charge >= 0.3 is 0 Å². The van der Waals surface area contributed by atoms with Crippen molar-refractivity contribution in [3.05, 3.63) is 35.4 Å². The Hall–Kier alpha value is -1.23. The number of methoxy groups -OCH3 is 1. The molecule has 1 aromatic carbocycles. The number of rotatable bonds is 5. The fraction of sp³-hybridized carbons (Fsp3) is 0.467. The molecule has 1 aliphatic rings. The van der Waals surface area contributed by atoms with Crippen LogP contribution in [0, 0.1) is 0 Å². The molecule has 5 heteroatoms. The summed E-state index contributed by atoms with van der Waals surface area (Å²) in [5, 5.41) is 14.0. The van der Waals surface area contributed by atoms with E-state index in [2.05, 4.69) is 16.8 Å². The van der Waals surface area contributed by atoms with Crippen LogP contribution < -0.4 is 10.1 Å². The van der Waals surface area contributed by atoms with Gasteiger partial charge in [-0.2, -0.15) is 0 Å². The molecule has 1 fully saturated rings. The maximum atomic E-state index is 10.3. The fourth-order valence-corrected chi connectivity index (χ4v) is 2.83. The molecule has 1 atom stereocenters. The van der Waals surface area contributed by atoms with E-state index in [4.69, 9.17) is 16.3 Å². The van der Waals surface area contributed by atoms with Crippen molar-refractivity contribution in [2.24, 2.45) is 0 Å². The molecule has 0 aliphatic carbocycles. The molecule has 20 heavy (non-hydrogen) atoms. The smallest absolute Gasteiger partial charge is 0.142 e. The number of halogens is 1. The Bertz CT molecular complexity index is 473. The van der Waals surface area contributed by atoms with Crippen molar-refractivity contribution in [2.45, 2.75) is 12.5 Å². The predicted octanol–water partition coefficient (Wildman–Crippen LogP) is 2.58. The van der Waals surface area contributed by atoms with E-state index in [1.165, 1.54) is 0 Å². The van der Waals surface area contributed by atoms with Gasteiger partial charge in [-0.05, 0) is 18.6 Å². The lowest BCUT2D eigenvalue weighted by atomic mass is 9.99. The Morgan fingerprint density at radius 2 is 2.20 bits per heavy atom. The van der Waals surface area contributed by atoms with Gasteiger partial charge in [-0.3, -0.25) is 4.90 Å². The maximum absolute atomic E-state index is 10.3. The summed E-state index contributed by atoms with van der Waals surface area (Å²) in [4.78, 5) is 2.33. The van der Waals surface area contributed by atoms with Crippen LogP contribution in [0.4, 0.5) is 0 Å². The highest BCUT2D eigenvalue weighted by atomic mass is 35.5. The van der Waals surface area contributed by atoms with Crippen molar-refractivity contribution in [1.29, 1.82) is 0 Å². The van der Waals surface area contributed by atoms with Crippen molar-refractivity contribution >= 4 is 11.6 Å². The Balaban J connectivity index is 2.41. The first-order chi connectivity index (χ1) is 9.69. The van der Waals surface area contributed by atoms with Crippen molar-refractivity contribution in [1.82, 2.24) is 10.2 Å². The number of hydrogen-bond donors (Lipinski definition) is 2. The number of phenolic OH excluding ortho intramolecular Hbond substituents is 1. The van der Waals surface area contributed by atoms with Gasteiger partial charge < -0.3 is 15.2 Å². The number of benzene rings is 1. The lowest BCUT2D eigenvalue weighted by Gasteiger charge is -2.35. The first-order valence-corrected chi connectivity index (χ1v) is 7.17. The fourth-order valence-electron chi connectivity index (χ4n) is 2.66. The quantitative estimate of drug-likeness (QED) is 0.820. The third-order valence-electron chi connectivity index (χ3n) is 3.66. The molecule has 1 saturated heterocycles. The standard InChI is InChI=1S/C15H21ClN2O2/c1-3-4-12(18-9-7-17-8-10-18)14-13(20-2)6-5-11(16)15(14)19/h3,5-6,12,17,19H,1,4,7-10H2,2H3/t12-/m0/s1. The van der Waals surface area contributed by atoms with Crippen LogP contribution in [-0.2, 0) is 0 Å². The zero-order valence-corrected chi connectivity index (χ0v) is 12.5. The second-order valence-electron chi connectivity index (χ2n) is 4.84. The maximum Gasteiger partial charge on any atom is 0.142 e. The molecule has 1 heterocycles. The lowest BCUT2D eigenvalue weighted by molar-refractivity contribution is 0.169. The van der Waals surface area contributed by atoms with E-state index < -0.39 is 0 Å². The van der Waals surface area contributed by atoms with Gasteiger partial charge in [0.2, 0.25) is 0 Å². The van der Waals surface area contributed by atoms with Crippen LogP contribution in [0.1, 0.15) is 18.0 Å². The van der Waals surface area contributed by atoms with Crippen LogP contribution in [0.5, 0.6) is 11.5 Å². The Morgan fingerprint density at radius 1 is 1.50 bits per heavy atom. The minimum Gasteiger partial charge on any atom is -0.506 e. The largest absolute Gasteiger partial charge is 0.506 e. The number of aromatic hydroxyl groups is 1. The topological polar surface area (TPSA) is 44.7 Å². The molecule has 0 radical (unpaired) electrons. The average molecular weight is 297 g/mol. The summed E-state index contributed by atoms with van der Waals surface area (Å²) in [5.41, 5.74) is 0.752. The third kappa shape index (κ3) is 3.08. The highest BCUT2D eigenvalue weighted by Gasteiger charge is 2.27. The van der Waals surface area contributed by atoms with E-state index in [-0.39, 0.29) is 11.8 Å². The first-order valence-electron chi connectivity index (χ1n) is 6.80. The average Bonchev–Trinajstić information content (AvgIpc) is 2.49. The zero-order valence-electron chi connectivity index (χ0n) is 11.7. The van der Waals surface area contributed by atoms with Crippen molar-refractivity contribution in [2.75, 3.05) is 33.3 Å². The molecule has 0 unspecified atom stereocenters. The number of ether oxygens (including phenoxy) is 1. The molecule has 0 aromatic heterocycles. The van der Waals surface area contributed by atoms with Crippen LogP contribution in [0.25, 0.3) is 0 Å². The normalized spacial score (nSPS) is 17.7. The molecule has 0 saturated carbocycles. The second-order valence-corrected chi connectivity index (χ2v) is 5.25. The molecule has 2 N–H and O–H groups in total. The van der Waals surface area contributed by atoms with E-state index in [0.29, 0.717) is 10.8 Å². The van der Waals surface area contributed by atoms with Gasteiger partial charge in [-0.25, -0.2) is 0 Å². The molecule has 4 nitrogen and oxygen atoms in total. The van der Waals surface area contributed by atoms with Crippen LogP contribution in [0.2, 0.25) is 5.02 Å². The van der Waals surface area contributed by atoms with E-state index in [1.54, 1.807) is 19.2 Å². The highest BCUT2D eigenvalue weighted by molar-refractivity contribution is 6.32. The van der Waals surface area contributed by atoms with E-state index >= 15 is 0 Å². The number of piperazine rings is 1. The van der Waals surface area contributed by atoms with Crippen molar-refractivity contribution < 1.29 is 9.84 Å². The van der Waals surface area contributed by atoms with Crippen LogP contribution >= 0.6 is 11.6 Å². The molecule has 110 valence electrons. The summed E-state index contributed by atoms with van der Waals surface area (Å²) in [5.74, 6) is 0.772. The lowest BCUT2D eigenvalue weighted by Crippen LogP contribution is -2.45. The number of nitrogens with one attached hydrogen (secondary N) is 1. The van der Waals surface area contributed by atoms with Crippen molar-refractivity contribution in [3.63, 3.8) is 0 Å². The van der Waals surface area contributed by atoms with E-state index in [9.17, 15) is 5.11 Å². The molecular weight excluding hydrogens is 276 g/mol. The Labute approximate surface area is 125 Å². The molecule has 0 spiro atoms. The monoisotopic (exact) mass is 296 g/mol. The summed E-state index contributed by atoms with van der Waals surface area (Å²) in [6, 6.07) is 3.49. The molecular formula is C15H21ClN2O2.